The van der Waals surface area contributed by atoms with E-state index in [0.717, 1.165) is 27.6 Å². The molecular weight excluding hydrogens is 242 g/mol. The van der Waals surface area contributed by atoms with Crippen LogP contribution in [0.5, 0.6) is 0 Å². The monoisotopic (exact) mass is 251 g/mol. The fourth-order valence-electron chi connectivity index (χ4n) is 1.28. The average Bonchev–Trinajstić information content (AvgIpc) is 2.44. The van der Waals surface area contributed by atoms with Crippen molar-refractivity contribution < 1.29 is 0 Å². The van der Waals surface area contributed by atoms with Crippen LogP contribution in [0.2, 0.25) is 0 Å². The summed E-state index contributed by atoms with van der Waals surface area (Å²) in [6.07, 6.45) is 3.70. The van der Waals surface area contributed by atoms with E-state index in [4.69, 9.17) is 0 Å². The van der Waals surface area contributed by atoms with Gasteiger partial charge in [-0.25, -0.2) is 0 Å². The van der Waals surface area contributed by atoms with Gasteiger partial charge >= 0.3 is 0 Å². The Labute approximate surface area is 90.6 Å². The Kier molecular flexibility index (Phi) is 2.37. The van der Waals surface area contributed by atoms with E-state index in [1.807, 2.05) is 23.9 Å². The first kappa shape index (κ1) is 9.40. The highest BCUT2D eigenvalue weighted by Gasteiger charge is 2.01. The number of fused-ring (bicyclic) bond motifs is 1. The zero-order valence-corrected chi connectivity index (χ0v) is 9.45. The molecule has 72 valence electrons. The van der Waals surface area contributed by atoms with Crippen LogP contribution in [0.4, 0.5) is 0 Å². The molecule has 0 aromatic carbocycles. The zero-order valence-electron chi connectivity index (χ0n) is 7.87. The van der Waals surface area contributed by atoms with Gasteiger partial charge in [0.05, 0.1) is 12.7 Å². The normalized spacial score (nSPS) is 10.7. The molecule has 0 aliphatic carbocycles. The number of halogens is 1. The summed E-state index contributed by atoms with van der Waals surface area (Å²) in [4.78, 5) is 4.25. The van der Waals surface area contributed by atoms with Crippen LogP contribution in [0.3, 0.4) is 0 Å². The Morgan fingerprint density at radius 2 is 2.36 bits per heavy atom. The number of rotatable bonds is 2. The van der Waals surface area contributed by atoms with E-state index in [0.29, 0.717) is 0 Å². The summed E-state index contributed by atoms with van der Waals surface area (Å²) in [5, 5.41) is 4.38. The molecule has 3 nitrogen and oxygen atoms in total. The van der Waals surface area contributed by atoms with Gasteiger partial charge in [0.2, 0.25) is 0 Å². The molecule has 0 aliphatic rings. The smallest absolute Gasteiger partial charge is 0.112 e. The van der Waals surface area contributed by atoms with Gasteiger partial charge in [-0.15, -0.1) is 0 Å². The first-order valence-corrected chi connectivity index (χ1v) is 5.07. The fourth-order valence-corrected chi connectivity index (χ4v) is 1.60. The summed E-state index contributed by atoms with van der Waals surface area (Å²) in [6, 6.07) is 1.96. The van der Waals surface area contributed by atoms with Crippen LogP contribution in [0.25, 0.3) is 11.0 Å². The van der Waals surface area contributed by atoms with Crippen molar-refractivity contribution in [3.63, 3.8) is 0 Å². The van der Waals surface area contributed by atoms with Crippen molar-refractivity contribution in [2.75, 3.05) is 0 Å². The van der Waals surface area contributed by atoms with Gasteiger partial charge in [-0.2, -0.15) is 5.10 Å². The maximum atomic E-state index is 4.38. The summed E-state index contributed by atoms with van der Waals surface area (Å²) in [7, 11) is 0. The van der Waals surface area contributed by atoms with Crippen LogP contribution >= 0.6 is 15.9 Å². The molecule has 4 heteroatoms. The van der Waals surface area contributed by atoms with E-state index in [2.05, 4.69) is 32.6 Å². The molecule has 0 unspecified atom stereocenters. The summed E-state index contributed by atoms with van der Waals surface area (Å²) in [5.41, 5.74) is 2.90. The van der Waals surface area contributed by atoms with Crippen molar-refractivity contribution in [2.24, 2.45) is 0 Å². The van der Waals surface area contributed by atoms with Crippen molar-refractivity contribution in [1.29, 1.82) is 0 Å². The molecule has 0 bridgehead atoms. The summed E-state index contributed by atoms with van der Waals surface area (Å²) < 4.78 is 2.80. The van der Waals surface area contributed by atoms with Gasteiger partial charge in [0.15, 0.2) is 0 Å². The predicted octanol–water partition coefficient (Wildman–Crippen LogP) is 2.77. The van der Waals surface area contributed by atoms with Crippen LogP contribution in [0.1, 0.15) is 6.92 Å². The maximum Gasteiger partial charge on any atom is 0.112 e. The third-order valence-electron chi connectivity index (χ3n) is 1.80. The summed E-state index contributed by atoms with van der Waals surface area (Å²) >= 11 is 3.36. The second kappa shape index (κ2) is 3.53. The molecule has 2 aromatic heterocycles. The third kappa shape index (κ3) is 1.85. The van der Waals surface area contributed by atoms with Crippen molar-refractivity contribution >= 4 is 27.0 Å². The fraction of sp³-hybridized carbons (Fsp3) is 0.200. The first-order chi connectivity index (χ1) is 6.65. The predicted molar refractivity (Wildman–Crippen MR) is 60.0 cm³/mol. The number of allylic oxidation sites excluding steroid dienone is 1. The van der Waals surface area contributed by atoms with E-state index in [1.54, 1.807) is 6.20 Å². The molecular formula is C10H10BrN3. The highest BCUT2D eigenvalue weighted by atomic mass is 79.9. The van der Waals surface area contributed by atoms with Crippen LogP contribution < -0.4 is 0 Å². The minimum Gasteiger partial charge on any atom is -0.266 e. The van der Waals surface area contributed by atoms with E-state index < -0.39 is 0 Å². The van der Waals surface area contributed by atoms with Gasteiger partial charge in [0.25, 0.3) is 0 Å². The van der Waals surface area contributed by atoms with E-state index in [1.165, 1.54) is 0 Å². The van der Waals surface area contributed by atoms with Gasteiger partial charge in [-0.3, -0.25) is 9.67 Å². The molecule has 0 saturated heterocycles. The molecule has 2 rings (SSSR count). The quantitative estimate of drug-likeness (QED) is 0.769. The number of hydrogen-bond donors (Lipinski definition) is 0. The first-order valence-electron chi connectivity index (χ1n) is 4.28. The molecule has 0 atom stereocenters. The minimum atomic E-state index is 0.744. The van der Waals surface area contributed by atoms with Crippen LogP contribution in [0.15, 0.2) is 35.1 Å². The van der Waals surface area contributed by atoms with E-state index >= 15 is 0 Å². The van der Waals surface area contributed by atoms with Crippen LogP contribution in [0, 0.1) is 0 Å². The van der Waals surface area contributed by atoms with Gasteiger partial charge in [0.1, 0.15) is 11.0 Å². The number of aromatic nitrogens is 3. The molecule has 0 fully saturated rings. The lowest BCUT2D eigenvalue weighted by Crippen LogP contribution is -1.97. The molecule has 14 heavy (non-hydrogen) atoms. The van der Waals surface area contributed by atoms with Crippen molar-refractivity contribution in [3.8, 4) is 0 Å². The topological polar surface area (TPSA) is 30.7 Å². The van der Waals surface area contributed by atoms with E-state index in [9.17, 15) is 0 Å². The van der Waals surface area contributed by atoms with Gasteiger partial charge in [-0.05, 0) is 28.9 Å². The van der Waals surface area contributed by atoms with E-state index in [-0.39, 0.29) is 0 Å². The lowest BCUT2D eigenvalue weighted by Gasteiger charge is -1.97. The lowest BCUT2D eigenvalue weighted by molar-refractivity contribution is 0.687. The number of hydrogen-bond acceptors (Lipinski definition) is 2. The molecule has 0 saturated carbocycles. The summed E-state index contributed by atoms with van der Waals surface area (Å²) in [5.74, 6) is 0. The van der Waals surface area contributed by atoms with Crippen molar-refractivity contribution in [3.05, 3.63) is 35.1 Å². The van der Waals surface area contributed by atoms with Gasteiger partial charge < -0.3 is 0 Å². The second-order valence-electron chi connectivity index (χ2n) is 3.34. The standard InChI is InChI=1S/C10H10BrN3/c1-7(2)5-14-6-10-9(13-14)3-8(11)4-12-10/h3-4,6H,1,5H2,2H3. The Morgan fingerprint density at radius 1 is 1.57 bits per heavy atom. The third-order valence-corrected chi connectivity index (χ3v) is 2.24. The molecule has 0 N–H and O–H groups in total. The van der Waals surface area contributed by atoms with Crippen molar-refractivity contribution in [2.45, 2.75) is 13.5 Å². The molecule has 0 amide bonds. The minimum absolute atomic E-state index is 0.744. The zero-order chi connectivity index (χ0) is 10.1. The average molecular weight is 252 g/mol. The summed E-state index contributed by atoms with van der Waals surface area (Å²) in [6.45, 7) is 6.57. The van der Waals surface area contributed by atoms with Gasteiger partial charge in [-0.1, -0.05) is 12.2 Å². The van der Waals surface area contributed by atoms with Crippen LogP contribution in [-0.2, 0) is 6.54 Å². The Balaban J connectivity index is 2.46. The Bertz CT molecular complexity index is 487. The Morgan fingerprint density at radius 3 is 3.07 bits per heavy atom. The largest absolute Gasteiger partial charge is 0.266 e. The number of pyridine rings is 1. The highest BCUT2D eigenvalue weighted by Crippen LogP contribution is 2.15. The molecule has 0 radical (unpaired) electrons. The van der Waals surface area contributed by atoms with Crippen molar-refractivity contribution in [1.82, 2.24) is 14.8 Å². The Hall–Kier alpha value is -1.16. The molecule has 2 aromatic rings. The highest BCUT2D eigenvalue weighted by molar-refractivity contribution is 9.10. The maximum absolute atomic E-state index is 4.38. The molecule has 2 heterocycles. The SMILES string of the molecule is C=C(C)Cn1cc2ncc(Br)cc2n1. The molecule has 0 aliphatic heterocycles. The van der Waals surface area contributed by atoms with Gasteiger partial charge in [0, 0.05) is 10.7 Å². The second-order valence-corrected chi connectivity index (χ2v) is 4.26. The number of nitrogens with zero attached hydrogens (tertiary/aromatic N) is 3. The van der Waals surface area contributed by atoms with Crippen LogP contribution in [-0.4, -0.2) is 14.8 Å². The molecule has 0 spiro atoms. The lowest BCUT2D eigenvalue weighted by atomic mass is 10.3.